The number of phenols is 1. The van der Waals surface area contributed by atoms with Gasteiger partial charge in [-0.15, -0.1) is 11.8 Å². The highest BCUT2D eigenvalue weighted by atomic mass is 32.2. The van der Waals surface area contributed by atoms with Gasteiger partial charge in [0.25, 0.3) is 5.91 Å². The fourth-order valence-electron chi connectivity index (χ4n) is 3.89. The van der Waals surface area contributed by atoms with Crippen LogP contribution in [0.3, 0.4) is 0 Å². The fraction of sp³-hybridized carbons (Fsp3) is 0.400. The van der Waals surface area contributed by atoms with E-state index in [1.165, 1.54) is 40.9 Å². The number of phenolic OH excluding ortho intramolecular Hbond substituents is 1. The number of thioether (sulfide) groups is 1. The Bertz CT molecular complexity index is 1040. The number of carbonyl (C=O) groups excluding carboxylic acids is 3. The minimum atomic E-state index is -1.78. The second-order valence-electron chi connectivity index (χ2n) is 9.38. The normalized spacial score (nSPS) is 18.7. The Kier molecular flexibility index (Phi) is 8.01. The van der Waals surface area contributed by atoms with Gasteiger partial charge < -0.3 is 26.2 Å². The predicted molar refractivity (Wildman–Crippen MR) is 131 cm³/mol. The molecule has 0 spiro atoms. The first-order valence-electron chi connectivity index (χ1n) is 11.0. The average Bonchev–Trinajstić information content (AvgIpc) is 3.28. The SMILES string of the molecule is CC(C)(C)NC(=O)[C@@H]1CSCN1C(=O)C(O)C(C(=O)c1cccc(O)c1)C(N)c1ccccc1. The Labute approximate surface area is 203 Å². The lowest BCUT2D eigenvalue weighted by atomic mass is 9.82. The van der Waals surface area contributed by atoms with Gasteiger partial charge in [0.1, 0.15) is 17.9 Å². The van der Waals surface area contributed by atoms with Crippen LogP contribution < -0.4 is 11.1 Å². The van der Waals surface area contributed by atoms with Crippen LogP contribution in [0.2, 0.25) is 0 Å². The number of nitrogens with one attached hydrogen (secondary N) is 1. The molecule has 0 bridgehead atoms. The molecule has 1 heterocycles. The highest BCUT2D eigenvalue weighted by Gasteiger charge is 2.44. The summed E-state index contributed by atoms with van der Waals surface area (Å²) in [6.07, 6.45) is -1.78. The maximum atomic E-state index is 13.5. The van der Waals surface area contributed by atoms with Crippen molar-refractivity contribution in [2.45, 2.75) is 44.5 Å². The van der Waals surface area contributed by atoms with Crippen LogP contribution in [0.25, 0.3) is 0 Å². The minimum Gasteiger partial charge on any atom is -0.508 e. The van der Waals surface area contributed by atoms with Crippen molar-refractivity contribution < 1.29 is 24.6 Å². The molecule has 3 unspecified atom stereocenters. The van der Waals surface area contributed by atoms with Crippen LogP contribution in [-0.4, -0.2) is 62.0 Å². The van der Waals surface area contributed by atoms with E-state index in [0.717, 1.165) is 0 Å². The molecule has 2 aromatic rings. The molecule has 0 aromatic heterocycles. The number of hydrogen-bond acceptors (Lipinski definition) is 7. The molecular formula is C25H31N3O5S. The van der Waals surface area contributed by atoms with Gasteiger partial charge in [-0.25, -0.2) is 0 Å². The number of ketones is 1. The van der Waals surface area contributed by atoms with Crippen molar-refractivity contribution in [3.8, 4) is 5.75 Å². The topological polar surface area (TPSA) is 133 Å². The average molecular weight is 486 g/mol. The van der Waals surface area contributed by atoms with Gasteiger partial charge in [0, 0.05) is 22.9 Å². The van der Waals surface area contributed by atoms with Gasteiger partial charge in [0.15, 0.2) is 5.78 Å². The van der Waals surface area contributed by atoms with E-state index in [1.54, 1.807) is 30.3 Å². The summed E-state index contributed by atoms with van der Waals surface area (Å²) in [5.74, 6) is -2.47. The molecule has 2 aromatic carbocycles. The van der Waals surface area contributed by atoms with Crippen LogP contribution in [0.4, 0.5) is 0 Å². The number of amides is 2. The molecule has 1 aliphatic rings. The molecule has 1 saturated heterocycles. The van der Waals surface area contributed by atoms with Crippen LogP contribution in [0.15, 0.2) is 54.6 Å². The van der Waals surface area contributed by atoms with Crippen molar-refractivity contribution >= 4 is 29.4 Å². The van der Waals surface area contributed by atoms with Gasteiger partial charge in [-0.05, 0) is 38.5 Å². The van der Waals surface area contributed by atoms with Crippen molar-refractivity contribution in [2.75, 3.05) is 11.6 Å². The summed E-state index contributed by atoms with van der Waals surface area (Å²) >= 11 is 1.40. The van der Waals surface area contributed by atoms with Crippen LogP contribution in [-0.2, 0) is 9.59 Å². The van der Waals surface area contributed by atoms with Gasteiger partial charge >= 0.3 is 0 Å². The Balaban J connectivity index is 1.92. The molecule has 3 rings (SSSR count). The number of aliphatic hydroxyl groups excluding tert-OH is 1. The zero-order valence-corrected chi connectivity index (χ0v) is 20.3. The summed E-state index contributed by atoms with van der Waals surface area (Å²) in [6.45, 7) is 5.53. The molecule has 8 nitrogen and oxygen atoms in total. The van der Waals surface area contributed by atoms with Crippen molar-refractivity contribution in [1.82, 2.24) is 10.2 Å². The zero-order chi connectivity index (χ0) is 25.0. The number of nitrogens with two attached hydrogens (primary N) is 1. The molecular weight excluding hydrogens is 454 g/mol. The quantitative estimate of drug-likeness (QED) is 0.441. The molecule has 5 N–H and O–H groups in total. The summed E-state index contributed by atoms with van der Waals surface area (Å²) in [5, 5.41) is 23.9. The van der Waals surface area contributed by atoms with Gasteiger partial charge in [0.2, 0.25) is 5.91 Å². The van der Waals surface area contributed by atoms with E-state index in [1.807, 2.05) is 20.8 Å². The first-order valence-corrected chi connectivity index (χ1v) is 12.2. The van der Waals surface area contributed by atoms with Crippen molar-refractivity contribution in [1.29, 1.82) is 0 Å². The van der Waals surface area contributed by atoms with Crippen molar-refractivity contribution in [3.05, 3.63) is 65.7 Å². The zero-order valence-electron chi connectivity index (χ0n) is 19.5. The first-order chi connectivity index (χ1) is 16.0. The number of aromatic hydroxyl groups is 1. The third-order valence-corrected chi connectivity index (χ3v) is 6.58. The third-order valence-electron chi connectivity index (χ3n) is 5.56. The molecule has 4 atom stereocenters. The van der Waals surface area contributed by atoms with Crippen LogP contribution in [0, 0.1) is 5.92 Å². The van der Waals surface area contributed by atoms with Gasteiger partial charge in [0.05, 0.1) is 11.8 Å². The van der Waals surface area contributed by atoms with E-state index in [0.29, 0.717) is 11.3 Å². The van der Waals surface area contributed by atoms with Crippen molar-refractivity contribution in [2.24, 2.45) is 11.7 Å². The number of aliphatic hydroxyl groups is 1. The lowest BCUT2D eigenvalue weighted by Gasteiger charge is -2.32. The van der Waals surface area contributed by atoms with Gasteiger partial charge in [-0.2, -0.15) is 0 Å². The summed E-state index contributed by atoms with van der Waals surface area (Å²) in [6, 6.07) is 12.7. The van der Waals surface area contributed by atoms with Gasteiger partial charge in [-0.1, -0.05) is 42.5 Å². The lowest BCUT2D eigenvalue weighted by molar-refractivity contribution is -0.147. The second-order valence-corrected chi connectivity index (χ2v) is 10.4. The summed E-state index contributed by atoms with van der Waals surface area (Å²) in [7, 11) is 0. The summed E-state index contributed by atoms with van der Waals surface area (Å²) in [4.78, 5) is 41.0. The Hall–Kier alpha value is -2.88. The molecule has 182 valence electrons. The lowest BCUT2D eigenvalue weighted by Crippen LogP contribution is -2.56. The maximum Gasteiger partial charge on any atom is 0.253 e. The van der Waals surface area contributed by atoms with Crippen LogP contribution in [0.1, 0.15) is 42.7 Å². The molecule has 0 saturated carbocycles. The monoisotopic (exact) mass is 485 g/mol. The number of Topliss-reactive ketones (excluding diaryl/α,β-unsaturated/α-hetero) is 1. The molecule has 34 heavy (non-hydrogen) atoms. The van der Waals surface area contributed by atoms with Crippen molar-refractivity contribution in [3.63, 3.8) is 0 Å². The third kappa shape index (κ3) is 5.97. The maximum absolute atomic E-state index is 13.5. The van der Waals surface area contributed by atoms with E-state index in [-0.39, 0.29) is 23.1 Å². The highest BCUT2D eigenvalue weighted by molar-refractivity contribution is 7.99. The van der Waals surface area contributed by atoms with Gasteiger partial charge in [-0.3, -0.25) is 14.4 Å². The number of nitrogens with zero attached hydrogens (tertiary/aromatic N) is 1. The highest BCUT2D eigenvalue weighted by Crippen LogP contribution is 2.31. The summed E-state index contributed by atoms with van der Waals surface area (Å²) in [5.41, 5.74) is 6.65. The second kappa shape index (κ2) is 10.6. The van der Waals surface area contributed by atoms with E-state index in [9.17, 15) is 24.6 Å². The van der Waals surface area contributed by atoms with E-state index in [4.69, 9.17) is 5.73 Å². The minimum absolute atomic E-state index is 0.117. The van der Waals surface area contributed by atoms with E-state index in [2.05, 4.69) is 5.32 Å². The molecule has 1 aliphatic heterocycles. The van der Waals surface area contributed by atoms with E-state index < -0.39 is 41.3 Å². The fourth-order valence-corrected chi connectivity index (χ4v) is 5.05. The standard InChI is InChI=1S/C25H31N3O5S/c1-25(2,3)27-23(32)18-13-34-14-28(18)24(33)22(31)19(20(26)15-8-5-4-6-9-15)21(30)16-10-7-11-17(29)12-16/h4-12,18-20,22,29,31H,13-14,26H2,1-3H3,(H,27,32)/t18-,19?,20?,22?/m0/s1. The smallest absolute Gasteiger partial charge is 0.253 e. The first kappa shape index (κ1) is 25.7. The molecule has 9 heteroatoms. The molecule has 0 radical (unpaired) electrons. The van der Waals surface area contributed by atoms with Crippen LogP contribution >= 0.6 is 11.8 Å². The van der Waals surface area contributed by atoms with E-state index >= 15 is 0 Å². The number of hydrogen-bond donors (Lipinski definition) is 4. The summed E-state index contributed by atoms with van der Waals surface area (Å²) < 4.78 is 0. The predicted octanol–water partition coefficient (Wildman–Crippen LogP) is 2.07. The number of benzene rings is 2. The molecule has 0 aliphatic carbocycles. The molecule has 1 fully saturated rings. The Morgan fingerprint density at radius 3 is 2.41 bits per heavy atom. The Morgan fingerprint density at radius 1 is 1.12 bits per heavy atom. The number of rotatable bonds is 7. The molecule has 2 amide bonds. The Morgan fingerprint density at radius 2 is 1.79 bits per heavy atom. The largest absolute Gasteiger partial charge is 0.508 e. The number of carbonyl (C=O) groups is 3. The van der Waals surface area contributed by atoms with Crippen LogP contribution in [0.5, 0.6) is 5.75 Å².